The molecule has 2 heterocycles. The van der Waals surface area contributed by atoms with Crippen LogP contribution in [0.5, 0.6) is 0 Å². The Bertz CT molecular complexity index is 796. The Balaban J connectivity index is 1.70. The van der Waals surface area contributed by atoms with Gasteiger partial charge in [0.1, 0.15) is 17.0 Å². The number of anilines is 1. The Labute approximate surface area is 135 Å². The highest BCUT2D eigenvalue weighted by atomic mass is 32.1. The van der Waals surface area contributed by atoms with Crippen molar-refractivity contribution in [3.63, 3.8) is 0 Å². The first-order valence-corrected chi connectivity index (χ1v) is 7.92. The van der Waals surface area contributed by atoms with Gasteiger partial charge in [-0.15, -0.1) is 11.3 Å². The number of thiophene rings is 1. The molecule has 23 heavy (non-hydrogen) atoms. The minimum Gasteiger partial charge on any atom is -0.367 e. The Hall–Kier alpha value is -2.15. The van der Waals surface area contributed by atoms with E-state index in [0.717, 1.165) is 33.7 Å². The molecule has 120 valence electrons. The van der Waals surface area contributed by atoms with Gasteiger partial charge in [-0.25, -0.2) is 9.97 Å². The summed E-state index contributed by atoms with van der Waals surface area (Å²) in [7, 11) is 0. The van der Waals surface area contributed by atoms with Crippen LogP contribution in [0.25, 0.3) is 10.2 Å². The zero-order chi connectivity index (χ0) is 16.4. The van der Waals surface area contributed by atoms with E-state index >= 15 is 0 Å². The Morgan fingerprint density at radius 2 is 1.87 bits per heavy atom. The minimum absolute atomic E-state index is 0.0322. The summed E-state index contributed by atoms with van der Waals surface area (Å²) in [5, 5.41) is 6.20. The average molecular weight is 337 g/mol. The van der Waals surface area contributed by atoms with Gasteiger partial charge in [0.2, 0.25) is 0 Å². The Morgan fingerprint density at radius 1 is 1.13 bits per heavy atom. The average Bonchev–Trinajstić information content (AvgIpc) is 2.96. The predicted octanol–water partition coefficient (Wildman–Crippen LogP) is 4.75. The number of hydrogen-bond donors (Lipinski definition) is 1. The maximum absolute atomic E-state index is 12.6. The molecule has 0 saturated heterocycles. The molecule has 2 aromatic heterocycles. The van der Waals surface area contributed by atoms with Crippen LogP contribution in [0.2, 0.25) is 0 Å². The van der Waals surface area contributed by atoms with Gasteiger partial charge in [0.15, 0.2) is 0 Å². The summed E-state index contributed by atoms with van der Waals surface area (Å²) >= 11 is 1.54. The lowest BCUT2D eigenvalue weighted by Crippen LogP contribution is -2.19. The first-order valence-electron chi connectivity index (χ1n) is 7.04. The SMILES string of the molecule is CC(Cc1ccc(C(F)(F)F)cc1)Nc1ncnc2sccc12. The van der Waals surface area contributed by atoms with Gasteiger partial charge in [-0.3, -0.25) is 0 Å². The van der Waals surface area contributed by atoms with Crippen LogP contribution in [0.3, 0.4) is 0 Å². The molecule has 0 bridgehead atoms. The zero-order valence-corrected chi connectivity index (χ0v) is 13.1. The summed E-state index contributed by atoms with van der Waals surface area (Å²) in [6, 6.07) is 7.24. The molecule has 3 rings (SSSR count). The van der Waals surface area contributed by atoms with Gasteiger partial charge in [0.05, 0.1) is 10.9 Å². The van der Waals surface area contributed by atoms with Crippen LogP contribution in [0.15, 0.2) is 42.0 Å². The second-order valence-corrected chi connectivity index (χ2v) is 6.20. The number of alkyl halides is 3. The molecule has 0 saturated carbocycles. The quantitative estimate of drug-likeness (QED) is 0.746. The third-order valence-corrected chi connectivity index (χ3v) is 4.29. The van der Waals surface area contributed by atoms with Gasteiger partial charge in [0.25, 0.3) is 0 Å². The fourth-order valence-electron chi connectivity index (χ4n) is 2.37. The second kappa shape index (κ2) is 6.16. The van der Waals surface area contributed by atoms with E-state index in [-0.39, 0.29) is 6.04 Å². The third kappa shape index (κ3) is 3.61. The number of benzene rings is 1. The summed E-state index contributed by atoms with van der Waals surface area (Å²) < 4.78 is 37.7. The molecule has 0 fully saturated rings. The summed E-state index contributed by atoms with van der Waals surface area (Å²) in [6.45, 7) is 1.97. The summed E-state index contributed by atoms with van der Waals surface area (Å²) in [4.78, 5) is 9.34. The van der Waals surface area contributed by atoms with Crippen LogP contribution < -0.4 is 5.32 Å². The first kappa shape index (κ1) is 15.7. The summed E-state index contributed by atoms with van der Waals surface area (Å²) in [6.07, 6.45) is -2.19. The topological polar surface area (TPSA) is 37.8 Å². The molecule has 0 aliphatic carbocycles. The van der Waals surface area contributed by atoms with Crippen molar-refractivity contribution in [2.24, 2.45) is 0 Å². The van der Waals surface area contributed by atoms with E-state index in [1.165, 1.54) is 29.8 Å². The van der Waals surface area contributed by atoms with Crippen molar-refractivity contribution < 1.29 is 13.2 Å². The number of rotatable bonds is 4. The van der Waals surface area contributed by atoms with Gasteiger partial charge >= 0.3 is 6.18 Å². The van der Waals surface area contributed by atoms with Crippen molar-refractivity contribution in [1.29, 1.82) is 0 Å². The lowest BCUT2D eigenvalue weighted by Gasteiger charge is -2.15. The van der Waals surface area contributed by atoms with Crippen molar-refractivity contribution in [3.05, 3.63) is 53.2 Å². The molecule has 0 spiro atoms. The zero-order valence-electron chi connectivity index (χ0n) is 12.3. The molecule has 1 N–H and O–H groups in total. The van der Waals surface area contributed by atoms with Crippen molar-refractivity contribution >= 4 is 27.4 Å². The molecule has 0 aliphatic heterocycles. The lowest BCUT2D eigenvalue weighted by atomic mass is 10.0. The number of nitrogens with zero attached hydrogens (tertiary/aromatic N) is 2. The number of nitrogens with one attached hydrogen (secondary N) is 1. The van der Waals surface area contributed by atoms with Gasteiger partial charge in [0, 0.05) is 6.04 Å². The van der Waals surface area contributed by atoms with E-state index in [9.17, 15) is 13.2 Å². The van der Waals surface area contributed by atoms with E-state index in [1.54, 1.807) is 0 Å². The van der Waals surface area contributed by atoms with E-state index in [2.05, 4.69) is 15.3 Å². The Kier molecular flexibility index (Phi) is 4.21. The lowest BCUT2D eigenvalue weighted by molar-refractivity contribution is -0.137. The number of halogens is 3. The largest absolute Gasteiger partial charge is 0.416 e. The molecule has 3 aromatic rings. The van der Waals surface area contributed by atoms with Gasteiger partial charge in [-0.2, -0.15) is 13.2 Å². The highest BCUT2D eigenvalue weighted by Gasteiger charge is 2.29. The van der Waals surface area contributed by atoms with E-state index in [4.69, 9.17) is 0 Å². The van der Waals surface area contributed by atoms with Crippen molar-refractivity contribution in [1.82, 2.24) is 9.97 Å². The standard InChI is InChI=1S/C16H14F3N3S/c1-10(8-11-2-4-12(5-3-11)16(17,18)19)22-14-13-6-7-23-15(13)21-9-20-14/h2-7,9-10H,8H2,1H3,(H,20,21,22). The maximum atomic E-state index is 12.6. The van der Waals surface area contributed by atoms with Gasteiger partial charge in [-0.05, 0) is 42.5 Å². The molecule has 3 nitrogen and oxygen atoms in total. The van der Waals surface area contributed by atoms with Crippen LogP contribution in [0.1, 0.15) is 18.1 Å². The molecule has 0 radical (unpaired) electrons. The van der Waals surface area contributed by atoms with Crippen LogP contribution in [-0.2, 0) is 12.6 Å². The first-order chi connectivity index (χ1) is 10.9. The monoisotopic (exact) mass is 337 g/mol. The van der Waals surface area contributed by atoms with Gasteiger partial charge < -0.3 is 5.32 Å². The summed E-state index contributed by atoms with van der Waals surface area (Å²) in [5.41, 5.74) is 0.214. The normalized spacial score (nSPS) is 13.2. The predicted molar refractivity (Wildman–Crippen MR) is 85.6 cm³/mol. The van der Waals surface area contributed by atoms with Crippen LogP contribution in [-0.4, -0.2) is 16.0 Å². The van der Waals surface area contributed by atoms with E-state index in [0.29, 0.717) is 6.42 Å². The highest BCUT2D eigenvalue weighted by molar-refractivity contribution is 7.16. The summed E-state index contributed by atoms with van der Waals surface area (Å²) in [5.74, 6) is 0.746. The van der Waals surface area contributed by atoms with Crippen LogP contribution in [0.4, 0.5) is 19.0 Å². The number of hydrogen-bond acceptors (Lipinski definition) is 4. The fraction of sp³-hybridized carbons (Fsp3) is 0.250. The molecular weight excluding hydrogens is 323 g/mol. The number of fused-ring (bicyclic) bond motifs is 1. The second-order valence-electron chi connectivity index (χ2n) is 5.31. The van der Waals surface area contributed by atoms with E-state index in [1.807, 2.05) is 18.4 Å². The van der Waals surface area contributed by atoms with Crippen molar-refractivity contribution in [3.8, 4) is 0 Å². The minimum atomic E-state index is -4.30. The molecule has 0 amide bonds. The fourth-order valence-corrected chi connectivity index (χ4v) is 3.11. The molecular formula is C16H14F3N3S. The van der Waals surface area contributed by atoms with Gasteiger partial charge in [-0.1, -0.05) is 12.1 Å². The van der Waals surface area contributed by atoms with Crippen LogP contribution in [0, 0.1) is 0 Å². The molecule has 1 atom stereocenters. The maximum Gasteiger partial charge on any atom is 0.416 e. The molecule has 7 heteroatoms. The van der Waals surface area contributed by atoms with Crippen molar-refractivity contribution in [2.75, 3.05) is 5.32 Å². The van der Waals surface area contributed by atoms with Crippen molar-refractivity contribution in [2.45, 2.75) is 25.6 Å². The molecule has 1 unspecified atom stereocenters. The third-order valence-electron chi connectivity index (χ3n) is 3.47. The van der Waals surface area contributed by atoms with Crippen LogP contribution >= 0.6 is 11.3 Å². The molecule has 1 aromatic carbocycles. The highest BCUT2D eigenvalue weighted by Crippen LogP contribution is 2.29. The number of aromatic nitrogens is 2. The molecule has 0 aliphatic rings. The smallest absolute Gasteiger partial charge is 0.367 e. The Morgan fingerprint density at radius 3 is 2.57 bits per heavy atom. The van der Waals surface area contributed by atoms with E-state index < -0.39 is 11.7 Å².